The van der Waals surface area contributed by atoms with E-state index in [1.165, 1.54) is 6.07 Å². The van der Waals surface area contributed by atoms with Gasteiger partial charge in [0.05, 0.1) is 19.3 Å². The third-order valence-corrected chi connectivity index (χ3v) is 3.47. The molecule has 0 radical (unpaired) electrons. The first-order valence-corrected chi connectivity index (χ1v) is 7.89. The predicted octanol–water partition coefficient (Wildman–Crippen LogP) is 2.69. The highest BCUT2D eigenvalue weighted by molar-refractivity contribution is 6.65. The van der Waals surface area contributed by atoms with Gasteiger partial charge < -0.3 is 19.7 Å². The number of methoxy groups -OCH3 is 1. The lowest BCUT2D eigenvalue weighted by molar-refractivity contribution is -0.139. The van der Waals surface area contributed by atoms with Crippen molar-refractivity contribution in [3.05, 3.63) is 65.2 Å². The van der Waals surface area contributed by atoms with E-state index in [4.69, 9.17) is 19.7 Å². The van der Waals surface area contributed by atoms with Gasteiger partial charge in [0.2, 0.25) is 0 Å². The van der Waals surface area contributed by atoms with E-state index in [1.54, 1.807) is 44.4 Å². The van der Waals surface area contributed by atoms with Crippen LogP contribution in [-0.4, -0.2) is 36.0 Å². The molecule has 0 fully saturated rings. The molecular weight excluding hydrogens is 336 g/mol. The molecule has 0 aliphatic heterocycles. The smallest absolute Gasteiger partial charge is 0.446 e. The van der Waals surface area contributed by atoms with E-state index in [-0.39, 0.29) is 24.5 Å². The normalized spacial score (nSPS) is 9.77. The summed E-state index contributed by atoms with van der Waals surface area (Å²) in [6, 6.07) is 13.7. The van der Waals surface area contributed by atoms with Crippen molar-refractivity contribution < 1.29 is 28.6 Å². The van der Waals surface area contributed by atoms with Crippen LogP contribution in [0.4, 0.5) is 0 Å². The molecular formula is C19H18N2O5. The fourth-order valence-corrected chi connectivity index (χ4v) is 2.17. The van der Waals surface area contributed by atoms with Gasteiger partial charge in [0, 0.05) is 0 Å². The average Bonchev–Trinajstić information content (AvgIpc) is 2.67. The largest absolute Gasteiger partial charge is 0.497 e. The highest BCUT2D eigenvalue weighted by Gasteiger charge is 2.33. The zero-order valence-corrected chi connectivity index (χ0v) is 14.5. The Morgan fingerprint density at radius 3 is 2.38 bits per heavy atom. The van der Waals surface area contributed by atoms with Gasteiger partial charge in [0.1, 0.15) is 18.1 Å². The number of esters is 1. The number of para-hydroxylation sites is 1. The van der Waals surface area contributed by atoms with Gasteiger partial charge in [-0.25, -0.2) is 4.79 Å². The number of carbonyl (C=O) groups is 2. The minimum absolute atomic E-state index is 0.0563. The lowest BCUT2D eigenvalue weighted by Crippen LogP contribution is -2.28. The maximum absolute atomic E-state index is 12.5. The number of ether oxygens (including phenoxy) is 3. The van der Waals surface area contributed by atoms with E-state index in [2.05, 4.69) is 4.79 Å². The van der Waals surface area contributed by atoms with Crippen molar-refractivity contribution in [2.75, 3.05) is 13.7 Å². The first-order chi connectivity index (χ1) is 12.6. The molecule has 0 saturated heterocycles. The molecule has 134 valence electrons. The summed E-state index contributed by atoms with van der Waals surface area (Å²) in [6.45, 7) is 1.85. The third kappa shape index (κ3) is 4.55. The number of hydrogen-bond acceptors (Lipinski definition) is 5. The molecule has 0 saturated carbocycles. The van der Waals surface area contributed by atoms with E-state index in [9.17, 15) is 9.59 Å². The van der Waals surface area contributed by atoms with Gasteiger partial charge in [-0.3, -0.25) is 4.79 Å². The Hall–Kier alpha value is -3.44. The van der Waals surface area contributed by atoms with Crippen LogP contribution in [0, 0.1) is 0 Å². The van der Waals surface area contributed by atoms with Crippen LogP contribution in [0.15, 0.2) is 48.5 Å². The summed E-state index contributed by atoms with van der Waals surface area (Å²) in [6.07, 6.45) is 0. The maximum Gasteiger partial charge on any atom is 0.446 e. The summed E-state index contributed by atoms with van der Waals surface area (Å²) in [4.78, 5) is 27.1. The molecule has 2 rings (SSSR count). The van der Waals surface area contributed by atoms with E-state index < -0.39 is 17.5 Å². The van der Waals surface area contributed by atoms with E-state index >= 15 is 0 Å². The molecule has 0 aromatic heterocycles. The number of hydrogen-bond donors (Lipinski definition) is 0. The van der Waals surface area contributed by atoms with Crippen LogP contribution < -0.4 is 9.47 Å². The third-order valence-electron chi connectivity index (χ3n) is 3.47. The maximum atomic E-state index is 12.5. The number of ketones is 1. The second-order valence-corrected chi connectivity index (χ2v) is 5.13. The van der Waals surface area contributed by atoms with Crippen LogP contribution in [0.2, 0.25) is 0 Å². The molecule has 2 aromatic carbocycles. The number of benzene rings is 2. The Bertz CT molecular complexity index is 839. The van der Waals surface area contributed by atoms with Crippen LogP contribution in [0.25, 0.3) is 5.53 Å². The summed E-state index contributed by atoms with van der Waals surface area (Å²) < 4.78 is 15.5. The molecule has 0 amide bonds. The standard InChI is InChI=1S/C19H18N2O5/c1-3-25-19(23)17(21-20)18(22)15-6-4-5-7-16(15)26-12-13-8-10-14(24-2)11-9-13/h4-11H,3,12H2,1-2H3. The van der Waals surface area contributed by atoms with Crippen LogP contribution in [0.5, 0.6) is 11.5 Å². The molecule has 0 spiro atoms. The van der Waals surface area contributed by atoms with Crippen molar-refractivity contribution in [3.8, 4) is 11.5 Å². The molecule has 7 nitrogen and oxygen atoms in total. The van der Waals surface area contributed by atoms with Gasteiger partial charge in [-0.05, 0) is 36.8 Å². The molecule has 0 N–H and O–H groups in total. The van der Waals surface area contributed by atoms with Gasteiger partial charge in [-0.1, -0.05) is 24.3 Å². The molecule has 0 aliphatic rings. The van der Waals surface area contributed by atoms with Crippen LogP contribution >= 0.6 is 0 Å². The van der Waals surface area contributed by atoms with E-state index in [0.29, 0.717) is 0 Å². The van der Waals surface area contributed by atoms with Crippen molar-refractivity contribution in [3.63, 3.8) is 0 Å². The molecule has 0 atom stereocenters. The lowest BCUT2D eigenvalue weighted by atomic mass is 10.1. The minimum Gasteiger partial charge on any atom is -0.497 e. The van der Waals surface area contributed by atoms with Crippen molar-refractivity contribution in [1.82, 2.24) is 0 Å². The van der Waals surface area contributed by atoms with Crippen LogP contribution in [0.1, 0.15) is 22.8 Å². The quantitative estimate of drug-likeness (QED) is 0.181. The highest BCUT2D eigenvalue weighted by Crippen LogP contribution is 2.21. The molecule has 0 aliphatic carbocycles. The van der Waals surface area contributed by atoms with Crippen molar-refractivity contribution in [2.45, 2.75) is 13.5 Å². The zero-order chi connectivity index (χ0) is 18.9. The highest BCUT2D eigenvalue weighted by atomic mass is 16.5. The van der Waals surface area contributed by atoms with Crippen LogP contribution in [0.3, 0.4) is 0 Å². The van der Waals surface area contributed by atoms with Gasteiger partial charge in [-0.2, -0.15) is 4.79 Å². The van der Waals surface area contributed by atoms with Crippen LogP contribution in [-0.2, 0) is 16.1 Å². The average molecular weight is 354 g/mol. The number of Topliss-reactive ketones (excluding diaryl/α,β-unsaturated/α-hetero) is 1. The first-order valence-electron chi connectivity index (χ1n) is 7.89. The molecule has 2 aromatic rings. The Kier molecular flexibility index (Phi) is 6.65. The Morgan fingerprint density at radius 2 is 1.77 bits per heavy atom. The SMILES string of the molecule is CCOC(=O)C(=[N+]=[N-])C(=O)c1ccccc1OCc1ccc(OC)cc1. The summed E-state index contributed by atoms with van der Waals surface area (Å²) in [7, 11) is 1.58. The van der Waals surface area contributed by atoms with E-state index in [0.717, 1.165) is 11.3 Å². The van der Waals surface area contributed by atoms with Gasteiger partial charge in [0.15, 0.2) is 0 Å². The second kappa shape index (κ2) is 9.15. The monoisotopic (exact) mass is 354 g/mol. The predicted molar refractivity (Wildman–Crippen MR) is 93.4 cm³/mol. The Balaban J connectivity index is 2.19. The Labute approximate surface area is 150 Å². The first kappa shape index (κ1) is 18.9. The van der Waals surface area contributed by atoms with Gasteiger partial charge >= 0.3 is 11.7 Å². The molecule has 26 heavy (non-hydrogen) atoms. The molecule has 0 unspecified atom stereocenters. The van der Waals surface area contributed by atoms with Crippen molar-refractivity contribution in [1.29, 1.82) is 0 Å². The summed E-state index contributed by atoms with van der Waals surface area (Å²) in [5.41, 5.74) is 9.28. The van der Waals surface area contributed by atoms with Crippen molar-refractivity contribution >= 4 is 17.5 Å². The fraction of sp³-hybridized carbons (Fsp3) is 0.211. The van der Waals surface area contributed by atoms with Crippen molar-refractivity contribution in [2.24, 2.45) is 0 Å². The number of nitrogens with zero attached hydrogens (tertiary/aromatic N) is 2. The minimum atomic E-state index is -0.995. The second-order valence-electron chi connectivity index (χ2n) is 5.13. The molecule has 0 bridgehead atoms. The topological polar surface area (TPSA) is 98.2 Å². The van der Waals surface area contributed by atoms with Gasteiger partial charge in [-0.15, -0.1) is 0 Å². The number of rotatable bonds is 8. The molecule has 7 heteroatoms. The number of carbonyl (C=O) groups excluding carboxylic acids is 2. The zero-order valence-electron chi connectivity index (χ0n) is 14.5. The lowest BCUT2D eigenvalue weighted by Gasteiger charge is -2.10. The Morgan fingerprint density at radius 1 is 1.08 bits per heavy atom. The van der Waals surface area contributed by atoms with E-state index in [1.807, 2.05) is 12.1 Å². The summed E-state index contributed by atoms with van der Waals surface area (Å²) in [5, 5.41) is 0. The summed E-state index contributed by atoms with van der Waals surface area (Å²) in [5.74, 6) is -0.789. The van der Waals surface area contributed by atoms with Gasteiger partial charge in [0.25, 0.3) is 5.78 Å². The molecule has 0 heterocycles. The summed E-state index contributed by atoms with van der Waals surface area (Å²) >= 11 is 0. The fourth-order valence-electron chi connectivity index (χ4n) is 2.17.